The molecule has 8 atom stereocenters. The van der Waals surface area contributed by atoms with E-state index in [0.29, 0.717) is 0 Å². The maximum absolute atomic E-state index is 4.30. The molecule has 0 radical (unpaired) electrons. The Morgan fingerprint density at radius 2 is 1.21 bits per heavy atom. The Bertz CT molecular complexity index is 1580. The molecule has 0 spiro atoms. The van der Waals surface area contributed by atoms with Gasteiger partial charge in [-0.25, -0.2) is 4.58 Å². The van der Waals surface area contributed by atoms with Crippen molar-refractivity contribution < 1.29 is 4.58 Å². The van der Waals surface area contributed by atoms with Gasteiger partial charge >= 0.3 is 0 Å². The van der Waals surface area contributed by atoms with Gasteiger partial charge in [-0.05, 0) is 130 Å². The van der Waals surface area contributed by atoms with Crippen molar-refractivity contribution >= 4 is 21.6 Å². The van der Waals surface area contributed by atoms with Crippen LogP contribution >= 0.6 is 15.9 Å². The van der Waals surface area contributed by atoms with Crippen LogP contribution in [-0.4, -0.2) is 40.4 Å². The lowest BCUT2D eigenvalue weighted by molar-refractivity contribution is -0.570. The summed E-state index contributed by atoms with van der Waals surface area (Å²) in [5, 5.41) is 0. The molecule has 0 aromatic carbocycles. The molecule has 2 aliphatic heterocycles. The number of halogens is 1. The number of likely N-dealkylation sites (tertiary alicyclic amines) is 1. The van der Waals surface area contributed by atoms with Gasteiger partial charge in [-0.2, -0.15) is 0 Å². The van der Waals surface area contributed by atoms with Crippen LogP contribution in [0, 0.1) is 58.2 Å². The predicted octanol–water partition coefficient (Wildman–Crippen LogP) is 15.1. The Morgan fingerprint density at radius 3 is 1.91 bits per heavy atom. The summed E-state index contributed by atoms with van der Waals surface area (Å²) in [5.41, 5.74) is 6.98. The fourth-order valence-electron chi connectivity index (χ4n) is 16.4. The summed E-state index contributed by atoms with van der Waals surface area (Å²) < 4.78 is 4.44. The minimum Gasteiger partial charge on any atom is -0.371 e. The van der Waals surface area contributed by atoms with Gasteiger partial charge in [0.05, 0.1) is 5.41 Å². The van der Waals surface area contributed by atoms with Crippen molar-refractivity contribution in [2.45, 2.75) is 213 Å². The zero-order chi connectivity index (χ0) is 39.1. The van der Waals surface area contributed by atoms with Gasteiger partial charge in [0.25, 0.3) is 0 Å². The van der Waals surface area contributed by atoms with Crippen LogP contribution in [-0.2, 0) is 0 Å². The molecule has 7 aliphatic carbocycles. The first-order valence-electron chi connectivity index (χ1n) is 25.6. The molecular formula is C54H84BrN2+. The Kier molecular flexibility index (Phi) is 12.8. The lowest BCUT2D eigenvalue weighted by Gasteiger charge is -2.47. The molecule has 316 valence electrons. The monoisotopic (exact) mass is 840 g/mol. The smallest absolute Gasteiger partial charge is 0.182 e. The summed E-state index contributed by atoms with van der Waals surface area (Å²) in [4.78, 5) is 3.03. The molecule has 9 aliphatic rings. The minimum absolute atomic E-state index is 0.252. The van der Waals surface area contributed by atoms with Gasteiger partial charge in [0.1, 0.15) is 6.54 Å². The molecule has 0 aromatic rings. The van der Waals surface area contributed by atoms with Gasteiger partial charge in [0.2, 0.25) is 0 Å². The van der Waals surface area contributed by atoms with Gasteiger partial charge in [-0.15, -0.1) is 0 Å². The Labute approximate surface area is 359 Å². The first-order valence-corrected chi connectivity index (χ1v) is 26.4. The molecule has 0 aromatic heterocycles. The standard InChI is InChI=1S/C54H84BrN2/c1-53(2)48(56(36-34-38-16-7-5-8-17-38)46-30-26-40-20-11-13-24-44(40)50(46)53)32-28-42-22-15-23-43(52(42)55)29-33-49-54(3,4)51-45-25-14-12-21-41(45)27-31-47(51)57(49)37-35-39-18-9-6-10-19-39/h28-29,32-33,38-41,44-47,50-51H,5-27,30-31,34-37H2,1-4H3/q+1. The van der Waals surface area contributed by atoms with Gasteiger partial charge < -0.3 is 4.90 Å². The summed E-state index contributed by atoms with van der Waals surface area (Å²) >= 11 is 4.30. The van der Waals surface area contributed by atoms with Gasteiger partial charge in [0.15, 0.2) is 11.8 Å². The quantitative estimate of drug-likeness (QED) is 0.210. The van der Waals surface area contributed by atoms with Crippen molar-refractivity contribution in [1.82, 2.24) is 4.90 Å². The third kappa shape index (κ3) is 8.20. The van der Waals surface area contributed by atoms with E-state index in [-0.39, 0.29) is 10.8 Å². The van der Waals surface area contributed by atoms with E-state index in [4.69, 9.17) is 0 Å². The summed E-state index contributed by atoms with van der Waals surface area (Å²) in [6, 6.07) is 1.52. The molecule has 9 rings (SSSR count). The lowest BCUT2D eigenvalue weighted by atomic mass is 9.57. The Morgan fingerprint density at radius 1 is 0.596 bits per heavy atom. The molecule has 2 nitrogen and oxygen atoms in total. The van der Waals surface area contributed by atoms with Crippen molar-refractivity contribution in [3.05, 3.63) is 45.6 Å². The van der Waals surface area contributed by atoms with Crippen LogP contribution in [0.3, 0.4) is 0 Å². The number of allylic oxidation sites excluding steroid dienone is 8. The van der Waals surface area contributed by atoms with Crippen molar-refractivity contribution in [2.24, 2.45) is 58.2 Å². The molecule has 57 heavy (non-hydrogen) atoms. The van der Waals surface area contributed by atoms with Crippen molar-refractivity contribution in [1.29, 1.82) is 0 Å². The topological polar surface area (TPSA) is 6.25 Å². The van der Waals surface area contributed by atoms with Crippen LogP contribution in [0.25, 0.3) is 0 Å². The molecule has 0 amide bonds. The van der Waals surface area contributed by atoms with Crippen LogP contribution in [0.4, 0.5) is 0 Å². The summed E-state index contributed by atoms with van der Waals surface area (Å²) in [6.07, 6.45) is 49.5. The van der Waals surface area contributed by atoms with E-state index in [1.54, 1.807) is 22.6 Å². The van der Waals surface area contributed by atoms with Crippen LogP contribution in [0.15, 0.2) is 45.6 Å². The van der Waals surface area contributed by atoms with E-state index in [2.05, 4.69) is 77.4 Å². The maximum Gasteiger partial charge on any atom is 0.182 e. The molecule has 7 fully saturated rings. The summed E-state index contributed by atoms with van der Waals surface area (Å²) in [6.45, 7) is 13.3. The number of fused-ring (bicyclic) bond motifs is 6. The fourth-order valence-corrected chi connectivity index (χ4v) is 17.0. The highest BCUT2D eigenvalue weighted by molar-refractivity contribution is 9.12. The number of hydrogen-bond donors (Lipinski definition) is 0. The van der Waals surface area contributed by atoms with E-state index < -0.39 is 0 Å². The highest BCUT2D eigenvalue weighted by Crippen LogP contribution is 2.60. The number of hydrogen-bond acceptors (Lipinski definition) is 1. The van der Waals surface area contributed by atoms with Crippen LogP contribution < -0.4 is 0 Å². The van der Waals surface area contributed by atoms with E-state index >= 15 is 0 Å². The molecular weight excluding hydrogens is 757 g/mol. The second kappa shape index (κ2) is 17.7. The molecule has 8 unspecified atom stereocenters. The van der Waals surface area contributed by atoms with Crippen LogP contribution in [0.1, 0.15) is 201 Å². The molecule has 0 N–H and O–H groups in total. The third-order valence-corrected chi connectivity index (χ3v) is 20.1. The van der Waals surface area contributed by atoms with E-state index in [9.17, 15) is 0 Å². The first kappa shape index (κ1) is 41.3. The summed E-state index contributed by atoms with van der Waals surface area (Å²) in [5.74, 6) is 7.42. The molecule has 2 heterocycles. The predicted molar refractivity (Wildman–Crippen MR) is 246 cm³/mol. The second-order valence-corrected chi connectivity index (χ2v) is 23.6. The average molecular weight is 841 g/mol. The van der Waals surface area contributed by atoms with Crippen molar-refractivity contribution in [2.75, 3.05) is 13.1 Å². The number of nitrogens with zero attached hydrogens (tertiary/aromatic N) is 2. The molecule has 1 saturated heterocycles. The highest BCUT2D eigenvalue weighted by atomic mass is 79.9. The SMILES string of the molecule is CC1(C)C(/C=C/C2=C(Br)C(=C/C=C3/N(CCC4CCCCC4)C4CCC5CCCCC5C4C3(C)C)/CCC2)=[N+](CCC2CCCCC2)C2CCC3CCCCC3C21. The third-order valence-electron chi connectivity index (χ3n) is 19.1. The Balaban J connectivity index is 1.00. The largest absolute Gasteiger partial charge is 0.371 e. The van der Waals surface area contributed by atoms with E-state index in [0.717, 1.165) is 59.4 Å². The van der Waals surface area contributed by atoms with Gasteiger partial charge in [-0.3, -0.25) is 0 Å². The van der Waals surface area contributed by atoms with Gasteiger partial charge in [-0.1, -0.05) is 145 Å². The van der Waals surface area contributed by atoms with Crippen molar-refractivity contribution in [3.63, 3.8) is 0 Å². The van der Waals surface area contributed by atoms with Crippen LogP contribution in [0.5, 0.6) is 0 Å². The zero-order valence-electron chi connectivity index (χ0n) is 37.4. The first-order chi connectivity index (χ1) is 27.7. The zero-order valence-corrected chi connectivity index (χ0v) is 38.9. The maximum atomic E-state index is 4.30. The number of rotatable bonds is 9. The van der Waals surface area contributed by atoms with E-state index in [1.165, 1.54) is 191 Å². The fraction of sp³-hybridized carbons (Fsp3) is 0.833. The normalized spacial score (nSPS) is 38.9. The van der Waals surface area contributed by atoms with Crippen LogP contribution in [0.2, 0.25) is 0 Å². The van der Waals surface area contributed by atoms with Gasteiger partial charge in [0, 0.05) is 53.0 Å². The second-order valence-electron chi connectivity index (χ2n) is 22.8. The highest BCUT2D eigenvalue weighted by Gasteiger charge is 2.60. The molecule has 6 saturated carbocycles. The van der Waals surface area contributed by atoms with E-state index in [1.807, 2.05) is 0 Å². The summed E-state index contributed by atoms with van der Waals surface area (Å²) in [7, 11) is 0. The average Bonchev–Trinajstić information content (AvgIpc) is 3.60. The minimum atomic E-state index is 0.252. The van der Waals surface area contributed by atoms with Crippen molar-refractivity contribution in [3.8, 4) is 0 Å². The lowest BCUT2D eigenvalue weighted by Crippen LogP contribution is -2.46. The molecule has 0 bridgehead atoms. The molecule has 3 heteroatoms. The Hall–Kier alpha value is -1.09.